The van der Waals surface area contributed by atoms with Crippen molar-refractivity contribution in [2.45, 2.75) is 24.3 Å². The Kier molecular flexibility index (Phi) is 4.82. The zero-order chi connectivity index (χ0) is 19.7. The molecular formula is C20H21N3O4S. The van der Waals surface area contributed by atoms with Crippen molar-refractivity contribution in [3.63, 3.8) is 0 Å². The van der Waals surface area contributed by atoms with Crippen LogP contribution in [-0.2, 0) is 21.4 Å². The van der Waals surface area contributed by atoms with E-state index < -0.39 is 10.0 Å². The molecule has 0 aliphatic carbocycles. The van der Waals surface area contributed by atoms with E-state index in [1.165, 1.54) is 13.2 Å². The molecule has 0 unspecified atom stereocenters. The number of aromatic nitrogens is 1. The van der Waals surface area contributed by atoms with Crippen molar-refractivity contribution < 1.29 is 17.9 Å². The fourth-order valence-electron chi connectivity index (χ4n) is 3.49. The Morgan fingerprint density at radius 1 is 1.21 bits per heavy atom. The highest BCUT2D eigenvalue weighted by molar-refractivity contribution is 7.89. The first-order valence-corrected chi connectivity index (χ1v) is 10.5. The van der Waals surface area contributed by atoms with E-state index in [0.29, 0.717) is 18.7 Å². The van der Waals surface area contributed by atoms with E-state index in [9.17, 15) is 13.2 Å². The lowest BCUT2D eigenvalue weighted by Crippen LogP contribution is -2.26. The quantitative estimate of drug-likeness (QED) is 0.667. The van der Waals surface area contributed by atoms with Crippen LogP contribution in [0.5, 0.6) is 5.75 Å². The molecule has 2 heterocycles. The van der Waals surface area contributed by atoms with Gasteiger partial charge in [-0.2, -0.15) is 0 Å². The Balaban J connectivity index is 1.63. The standard InChI is InChI=1S/C20H21N3O4S/c1-27-18-9-8-15(23-10-4-7-20(23)24)11-19(18)28(25,26)22-13-14-12-21-17-6-3-2-5-16(14)17/h2-3,5-6,8-9,11-12,21-22H,4,7,10,13H2,1H3. The fraction of sp³-hybridized carbons (Fsp3) is 0.250. The predicted octanol–water partition coefficient (Wildman–Crippen LogP) is 2.78. The number of hydrogen-bond donors (Lipinski definition) is 2. The maximum absolute atomic E-state index is 13.0. The molecule has 1 aromatic heterocycles. The van der Waals surface area contributed by atoms with Crippen LogP contribution in [0.3, 0.4) is 0 Å². The van der Waals surface area contributed by atoms with Gasteiger partial charge >= 0.3 is 0 Å². The van der Waals surface area contributed by atoms with E-state index >= 15 is 0 Å². The van der Waals surface area contributed by atoms with Gasteiger partial charge in [-0.15, -0.1) is 0 Å². The van der Waals surface area contributed by atoms with Gasteiger partial charge in [0.15, 0.2) is 0 Å². The third-order valence-corrected chi connectivity index (χ3v) is 6.37. The Labute approximate surface area is 163 Å². The van der Waals surface area contributed by atoms with Crippen molar-refractivity contribution in [3.05, 3.63) is 54.2 Å². The number of methoxy groups -OCH3 is 1. The number of fused-ring (bicyclic) bond motifs is 1. The van der Waals surface area contributed by atoms with Crippen molar-refractivity contribution in [1.82, 2.24) is 9.71 Å². The third kappa shape index (κ3) is 3.36. The molecule has 1 amide bonds. The number of rotatable bonds is 6. The molecule has 0 spiro atoms. The van der Waals surface area contributed by atoms with Crippen LogP contribution in [-0.4, -0.2) is 33.0 Å². The Hall–Kier alpha value is -2.84. The maximum atomic E-state index is 13.0. The Bertz CT molecular complexity index is 1140. The fourth-order valence-corrected chi connectivity index (χ4v) is 4.69. The predicted molar refractivity (Wildman–Crippen MR) is 107 cm³/mol. The molecule has 146 valence electrons. The molecule has 0 atom stereocenters. The summed E-state index contributed by atoms with van der Waals surface area (Å²) in [6.07, 6.45) is 3.04. The lowest BCUT2D eigenvalue weighted by Gasteiger charge is -2.18. The van der Waals surface area contributed by atoms with Crippen LogP contribution in [0.1, 0.15) is 18.4 Å². The number of H-pyrrole nitrogens is 1. The molecule has 0 saturated carbocycles. The van der Waals surface area contributed by atoms with E-state index in [0.717, 1.165) is 22.9 Å². The smallest absolute Gasteiger partial charge is 0.244 e. The van der Waals surface area contributed by atoms with Gasteiger partial charge in [0.05, 0.1) is 7.11 Å². The van der Waals surface area contributed by atoms with Gasteiger partial charge in [0.2, 0.25) is 15.9 Å². The summed E-state index contributed by atoms with van der Waals surface area (Å²) >= 11 is 0. The van der Waals surface area contributed by atoms with Gasteiger partial charge in [-0.3, -0.25) is 4.79 Å². The van der Waals surface area contributed by atoms with Crippen LogP contribution in [0.15, 0.2) is 53.6 Å². The van der Waals surface area contributed by atoms with E-state index in [4.69, 9.17) is 4.74 Å². The van der Waals surface area contributed by atoms with Crippen LogP contribution < -0.4 is 14.4 Å². The average molecular weight is 399 g/mol. The zero-order valence-electron chi connectivity index (χ0n) is 15.4. The number of nitrogens with zero attached hydrogens (tertiary/aromatic N) is 1. The number of aromatic amines is 1. The highest BCUT2D eigenvalue weighted by Gasteiger charge is 2.26. The molecule has 1 saturated heterocycles. The summed E-state index contributed by atoms with van der Waals surface area (Å²) in [5.74, 6) is 0.238. The van der Waals surface area contributed by atoms with Crippen LogP contribution in [0, 0.1) is 0 Å². The number of sulfonamides is 1. The minimum atomic E-state index is -3.84. The number of carbonyl (C=O) groups excluding carboxylic acids is 1. The molecule has 1 aliphatic heterocycles. The van der Waals surface area contributed by atoms with Gasteiger partial charge in [-0.25, -0.2) is 13.1 Å². The molecule has 0 radical (unpaired) electrons. The Morgan fingerprint density at radius 3 is 2.79 bits per heavy atom. The molecule has 4 rings (SSSR count). The van der Waals surface area contributed by atoms with E-state index in [1.54, 1.807) is 23.2 Å². The SMILES string of the molecule is COc1ccc(N2CCCC2=O)cc1S(=O)(=O)NCc1c[nH]c2ccccc12. The van der Waals surface area contributed by atoms with Crippen molar-refractivity contribution >= 4 is 32.5 Å². The second kappa shape index (κ2) is 7.29. The van der Waals surface area contributed by atoms with Crippen molar-refractivity contribution in [3.8, 4) is 5.75 Å². The normalized spacial score (nSPS) is 14.8. The highest BCUT2D eigenvalue weighted by atomic mass is 32.2. The topological polar surface area (TPSA) is 91.5 Å². The second-order valence-electron chi connectivity index (χ2n) is 6.67. The number of nitrogens with one attached hydrogen (secondary N) is 2. The molecule has 2 aromatic carbocycles. The van der Waals surface area contributed by atoms with Crippen LogP contribution in [0.25, 0.3) is 10.9 Å². The van der Waals surface area contributed by atoms with E-state index in [-0.39, 0.29) is 23.1 Å². The molecule has 3 aromatic rings. The number of amides is 1. The van der Waals surface area contributed by atoms with Crippen LogP contribution in [0.2, 0.25) is 0 Å². The molecular weight excluding hydrogens is 378 g/mol. The molecule has 2 N–H and O–H groups in total. The summed E-state index contributed by atoms with van der Waals surface area (Å²) in [5, 5.41) is 0.966. The first kappa shape index (κ1) is 18.5. The second-order valence-corrected chi connectivity index (χ2v) is 8.40. The maximum Gasteiger partial charge on any atom is 0.244 e. The minimum Gasteiger partial charge on any atom is -0.495 e. The van der Waals surface area contributed by atoms with Crippen molar-refractivity contribution in [2.24, 2.45) is 0 Å². The zero-order valence-corrected chi connectivity index (χ0v) is 16.3. The molecule has 8 heteroatoms. The number of ether oxygens (including phenoxy) is 1. The average Bonchev–Trinajstić information content (AvgIpc) is 3.32. The van der Waals surface area contributed by atoms with E-state index in [2.05, 4.69) is 9.71 Å². The van der Waals surface area contributed by atoms with Gasteiger partial charge < -0.3 is 14.6 Å². The summed E-state index contributed by atoms with van der Waals surface area (Å²) < 4.78 is 33.9. The summed E-state index contributed by atoms with van der Waals surface area (Å²) in [6, 6.07) is 12.5. The third-order valence-electron chi connectivity index (χ3n) is 4.95. The van der Waals surface area contributed by atoms with Gasteiger partial charge in [-0.1, -0.05) is 18.2 Å². The van der Waals surface area contributed by atoms with Gasteiger partial charge in [0, 0.05) is 42.3 Å². The summed E-state index contributed by atoms with van der Waals surface area (Å²) in [4.78, 5) is 16.8. The first-order valence-electron chi connectivity index (χ1n) is 9.02. The number of anilines is 1. The summed E-state index contributed by atoms with van der Waals surface area (Å²) in [5.41, 5.74) is 2.36. The molecule has 1 fully saturated rings. The van der Waals surface area contributed by atoms with Crippen LogP contribution in [0.4, 0.5) is 5.69 Å². The lowest BCUT2D eigenvalue weighted by atomic mass is 10.2. The van der Waals surface area contributed by atoms with Crippen LogP contribution >= 0.6 is 0 Å². The van der Waals surface area contributed by atoms with Crippen molar-refractivity contribution in [2.75, 3.05) is 18.6 Å². The minimum absolute atomic E-state index is 0.000247. The Morgan fingerprint density at radius 2 is 2.04 bits per heavy atom. The summed E-state index contributed by atoms with van der Waals surface area (Å²) in [6.45, 7) is 0.732. The highest BCUT2D eigenvalue weighted by Crippen LogP contribution is 2.31. The molecule has 7 nitrogen and oxygen atoms in total. The lowest BCUT2D eigenvalue weighted by molar-refractivity contribution is -0.117. The molecule has 0 bridgehead atoms. The van der Waals surface area contributed by atoms with Gasteiger partial charge in [-0.05, 0) is 36.2 Å². The number of benzene rings is 2. The van der Waals surface area contributed by atoms with E-state index in [1.807, 2.05) is 24.3 Å². The first-order chi connectivity index (χ1) is 13.5. The number of hydrogen-bond acceptors (Lipinski definition) is 4. The number of carbonyl (C=O) groups is 1. The van der Waals surface area contributed by atoms with Crippen molar-refractivity contribution in [1.29, 1.82) is 0 Å². The number of para-hydroxylation sites is 1. The van der Waals surface area contributed by atoms with Gasteiger partial charge in [0.1, 0.15) is 10.6 Å². The van der Waals surface area contributed by atoms with Gasteiger partial charge in [0.25, 0.3) is 0 Å². The molecule has 28 heavy (non-hydrogen) atoms. The molecule has 1 aliphatic rings. The monoisotopic (exact) mass is 399 g/mol. The largest absolute Gasteiger partial charge is 0.495 e. The summed E-state index contributed by atoms with van der Waals surface area (Å²) in [7, 11) is -2.42.